The van der Waals surface area contributed by atoms with E-state index in [1.54, 1.807) is 6.07 Å². The van der Waals surface area contributed by atoms with Gasteiger partial charge in [0, 0.05) is 12.1 Å². The summed E-state index contributed by atoms with van der Waals surface area (Å²) in [7, 11) is 0. The van der Waals surface area contributed by atoms with E-state index in [-0.39, 0.29) is 17.2 Å². The smallest absolute Gasteiger partial charge is 0.157 e. The van der Waals surface area contributed by atoms with Crippen molar-refractivity contribution in [2.45, 2.75) is 6.42 Å². The molecule has 27 heavy (non-hydrogen) atoms. The zero-order chi connectivity index (χ0) is 18.8. The quantitative estimate of drug-likeness (QED) is 0.470. The van der Waals surface area contributed by atoms with Crippen LogP contribution in [0.1, 0.15) is 21.7 Å². The van der Waals surface area contributed by atoms with Crippen LogP contribution in [-0.4, -0.2) is 26.2 Å². The number of aromatic nitrogens is 4. The van der Waals surface area contributed by atoms with Gasteiger partial charge in [-0.1, -0.05) is 12.1 Å². The summed E-state index contributed by atoms with van der Waals surface area (Å²) >= 11 is 0. The second kappa shape index (κ2) is 6.83. The van der Waals surface area contributed by atoms with Crippen LogP contribution >= 0.6 is 0 Å². The fourth-order valence-corrected chi connectivity index (χ4v) is 2.83. The van der Waals surface area contributed by atoms with Gasteiger partial charge in [-0.15, -0.1) is 0 Å². The first kappa shape index (κ1) is 16.6. The van der Waals surface area contributed by atoms with Crippen LogP contribution in [0.4, 0.5) is 21.7 Å². The summed E-state index contributed by atoms with van der Waals surface area (Å²) in [6.07, 6.45) is 2.40. The van der Waals surface area contributed by atoms with E-state index in [0.29, 0.717) is 24.2 Å². The molecule has 0 bridgehead atoms. The van der Waals surface area contributed by atoms with Crippen molar-refractivity contribution in [3.05, 3.63) is 71.6 Å². The van der Waals surface area contributed by atoms with Crippen molar-refractivity contribution in [1.29, 1.82) is 0 Å². The summed E-state index contributed by atoms with van der Waals surface area (Å²) in [6.45, 7) is 0. The highest BCUT2D eigenvalue weighted by molar-refractivity contribution is 5.90. The normalized spacial score (nSPS) is 10.9. The van der Waals surface area contributed by atoms with Gasteiger partial charge in [-0.25, -0.2) is 19.3 Å². The summed E-state index contributed by atoms with van der Waals surface area (Å²) in [5.41, 5.74) is 9.04. The molecule has 0 spiro atoms. The number of imidazole rings is 1. The van der Waals surface area contributed by atoms with Gasteiger partial charge in [0.2, 0.25) is 0 Å². The Hall–Kier alpha value is -3.81. The fraction of sp³-hybridized carbons (Fsp3) is 0.0526. The molecule has 134 valence electrons. The molecular formula is C19H15FN6O. The molecule has 0 aliphatic carbocycles. The van der Waals surface area contributed by atoms with Gasteiger partial charge in [-0.2, -0.15) is 0 Å². The zero-order valence-corrected chi connectivity index (χ0v) is 14.1. The van der Waals surface area contributed by atoms with Gasteiger partial charge >= 0.3 is 0 Å². The molecule has 0 atom stereocenters. The van der Waals surface area contributed by atoms with Crippen molar-refractivity contribution < 1.29 is 9.18 Å². The third-order valence-corrected chi connectivity index (χ3v) is 4.09. The van der Waals surface area contributed by atoms with E-state index < -0.39 is 0 Å². The lowest BCUT2D eigenvalue weighted by atomic mass is 10.1. The third-order valence-electron chi connectivity index (χ3n) is 4.09. The summed E-state index contributed by atoms with van der Waals surface area (Å²) in [4.78, 5) is 26.8. The maximum absolute atomic E-state index is 13.3. The number of hydrogen-bond acceptors (Lipinski definition) is 6. The number of H-pyrrole nitrogens is 1. The maximum Gasteiger partial charge on any atom is 0.157 e. The summed E-state index contributed by atoms with van der Waals surface area (Å²) in [5, 5.41) is 3.06. The van der Waals surface area contributed by atoms with Crippen LogP contribution in [0.15, 0.2) is 48.8 Å². The Labute approximate surface area is 153 Å². The number of aldehydes is 1. The SMILES string of the molecule is Nc1ncnc(Nc2ccc3nc(Cc4cccc(F)c4)[nH]c3c2)c1C=O. The van der Waals surface area contributed by atoms with E-state index >= 15 is 0 Å². The maximum atomic E-state index is 13.3. The molecule has 0 aliphatic rings. The van der Waals surface area contributed by atoms with Gasteiger partial charge in [0.05, 0.1) is 16.6 Å². The lowest BCUT2D eigenvalue weighted by molar-refractivity contribution is 0.112. The van der Waals surface area contributed by atoms with Crippen LogP contribution in [-0.2, 0) is 6.42 Å². The number of fused-ring (bicyclic) bond motifs is 1. The van der Waals surface area contributed by atoms with Crippen molar-refractivity contribution >= 4 is 34.6 Å². The largest absolute Gasteiger partial charge is 0.383 e. The number of nitrogens with zero attached hydrogens (tertiary/aromatic N) is 3. The first-order valence-corrected chi connectivity index (χ1v) is 8.18. The molecule has 0 radical (unpaired) electrons. The number of nitrogens with two attached hydrogens (primary N) is 1. The first-order valence-electron chi connectivity index (χ1n) is 8.18. The van der Waals surface area contributed by atoms with Gasteiger partial charge in [-0.05, 0) is 35.9 Å². The van der Waals surface area contributed by atoms with Crippen LogP contribution in [0.3, 0.4) is 0 Å². The molecular weight excluding hydrogens is 347 g/mol. The van der Waals surface area contributed by atoms with E-state index in [1.165, 1.54) is 18.5 Å². The van der Waals surface area contributed by atoms with Gasteiger partial charge in [0.1, 0.15) is 29.6 Å². The van der Waals surface area contributed by atoms with E-state index in [2.05, 4.69) is 25.3 Å². The lowest BCUT2D eigenvalue weighted by Gasteiger charge is -2.08. The number of benzene rings is 2. The molecule has 0 unspecified atom stereocenters. The van der Waals surface area contributed by atoms with E-state index in [9.17, 15) is 9.18 Å². The second-order valence-corrected chi connectivity index (χ2v) is 5.99. The number of anilines is 3. The summed E-state index contributed by atoms with van der Waals surface area (Å²) < 4.78 is 13.3. The highest BCUT2D eigenvalue weighted by atomic mass is 19.1. The number of nitrogen functional groups attached to an aromatic ring is 1. The average molecular weight is 362 g/mol. The van der Waals surface area contributed by atoms with Crippen molar-refractivity contribution in [3.63, 3.8) is 0 Å². The summed E-state index contributed by atoms with van der Waals surface area (Å²) in [6, 6.07) is 11.9. The minimum atomic E-state index is -0.273. The molecule has 4 aromatic rings. The van der Waals surface area contributed by atoms with Crippen molar-refractivity contribution in [1.82, 2.24) is 19.9 Å². The van der Waals surface area contributed by atoms with E-state index in [0.717, 1.165) is 22.4 Å². The number of hydrogen-bond donors (Lipinski definition) is 3. The molecule has 0 saturated carbocycles. The number of halogens is 1. The predicted octanol–water partition coefficient (Wildman–Crippen LogP) is 3.22. The Morgan fingerprint density at radius 3 is 2.89 bits per heavy atom. The van der Waals surface area contributed by atoms with Crippen molar-refractivity contribution in [2.75, 3.05) is 11.1 Å². The zero-order valence-electron chi connectivity index (χ0n) is 14.1. The second-order valence-electron chi connectivity index (χ2n) is 5.99. The van der Waals surface area contributed by atoms with E-state index in [4.69, 9.17) is 5.73 Å². The molecule has 0 amide bonds. The Morgan fingerprint density at radius 1 is 1.19 bits per heavy atom. The molecule has 2 aromatic heterocycles. The Morgan fingerprint density at radius 2 is 2.07 bits per heavy atom. The molecule has 4 rings (SSSR count). The predicted molar refractivity (Wildman–Crippen MR) is 100 cm³/mol. The summed E-state index contributed by atoms with van der Waals surface area (Å²) in [5.74, 6) is 0.900. The number of nitrogens with one attached hydrogen (secondary N) is 2. The number of rotatable bonds is 5. The molecule has 0 saturated heterocycles. The van der Waals surface area contributed by atoms with Gasteiger partial charge in [0.25, 0.3) is 0 Å². The first-order chi connectivity index (χ1) is 13.1. The highest BCUT2D eigenvalue weighted by Gasteiger charge is 2.10. The highest BCUT2D eigenvalue weighted by Crippen LogP contribution is 2.23. The van der Waals surface area contributed by atoms with Crippen LogP contribution < -0.4 is 11.1 Å². The molecule has 0 aliphatic heterocycles. The minimum Gasteiger partial charge on any atom is -0.383 e. The van der Waals surface area contributed by atoms with Gasteiger partial charge in [0.15, 0.2) is 6.29 Å². The Bertz CT molecular complexity index is 1140. The molecule has 7 nitrogen and oxygen atoms in total. The van der Waals surface area contributed by atoms with Crippen LogP contribution in [0.5, 0.6) is 0 Å². The van der Waals surface area contributed by atoms with Gasteiger partial charge in [-0.3, -0.25) is 4.79 Å². The number of carbonyl (C=O) groups is 1. The number of carbonyl (C=O) groups excluding carboxylic acids is 1. The monoisotopic (exact) mass is 362 g/mol. The topological polar surface area (TPSA) is 110 Å². The molecule has 4 N–H and O–H groups in total. The molecule has 8 heteroatoms. The van der Waals surface area contributed by atoms with Crippen LogP contribution in [0.25, 0.3) is 11.0 Å². The third kappa shape index (κ3) is 3.45. The van der Waals surface area contributed by atoms with Crippen molar-refractivity contribution in [3.8, 4) is 0 Å². The molecule has 2 heterocycles. The van der Waals surface area contributed by atoms with Crippen LogP contribution in [0, 0.1) is 5.82 Å². The molecule has 2 aromatic carbocycles. The Balaban J connectivity index is 1.61. The average Bonchev–Trinajstić information content (AvgIpc) is 3.03. The van der Waals surface area contributed by atoms with E-state index in [1.807, 2.05) is 24.3 Å². The lowest BCUT2D eigenvalue weighted by Crippen LogP contribution is -2.04. The fourth-order valence-electron chi connectivity index (χ4n) is 2.83. The van der Waals surface area contributed by atoms with Gasteiger partial charge < -0.3 is 16.0 Å². The van der Waals surface area contributed by atoms with Crippen molar-refractivity contribution in [2.24, 2.45) is 0 Å². The minimum absolute atomic E-state index is 0.113. The molecule has 0 fully saturated rings. The number of aromatic amines is 1. The standard InChI is InChI=1S/C19H15FN6O/c20-12-3-1-2-11(6-12)7-17-25-15-5-4-13(8-16(15)26-17)24-19-14(9-27)18(21)22-10-23-19/h1-6,8-10H,7H2,(H,25,26)(H3,21,22,23,24). The Kier molecular flexibility index (Phi) is 4.21. The van der Waals surface area contributed by atoms with Crippen LogP contribution in [0.2, 0.25) is 0 Å².